The standard InChI is InChI=1S/C32H37F3N4O5/c1-31(2,3)44-30(41)36-12-11-24-18-37-29(40)28-27(22-9-7-21(8-10-22)19-38-13-15-42-16-14-38)26(20-39(24)28)23-5-4-6-25(17-23)43-32(33,34)35/h4-10,17,20,24H,11-16,18-19H2,1-3H3,(H,36,41)(H,37,40)/t24-/m0/s1. The maximum atomic E-state index is 13.4. The molecule has 0 saturated carbocycles. The second-order valence-corrected chi connectivity index (χ2v) is 11.9. The fourth-order valence-corrected chi connectivity index (χ4v) is 5.50. The predicted molar refractivity (Wildman–Crippen MR) is 158 cm³/mol. The van der Waals surface area contributed by atoms with Crippen molar-refractivity contribution in [2.45, 2.75) is 51.7 Å². The molecule has 2 aromatic carbocycles. The van der Waals surface area contributed by atoms with E-state index in [-0.39, 0.29) is 17.7 Å². The first-order valence-electron chi connectivity index (χ1n) is 14.6. The first-order valence-corrected chi connectivity index (χ1v) is 14.6. The Labute approximate surface area is 254 Å². The van der Waals surface area contributed by atoms with Crippen LogP contribution in [0.15, 0.2) is 54.7 Å². The quantitative estimate of drug-likeness (QED) is 0.336. The lowest BCUT2D eigenvalue weighted by molar-refractivity contribution is -0.274. The van der Waals surface area contributed by atoms with Gasteiger partial charge in [-0.3, -0.25) is 9.69 Å². The average Bonchev–Trinajstić information content (AvgIpc) is 3.35. The molecule has 2 aliphatic rings. The third-order valence-corrected chi connectivity index (χ3v) is 7.42. The lowest BCUT2D eigenvalue weighted by Gasteiger charge is -2.28. The third-order valence-electron chi connectivity index (χ3n) is 7.42. The van der Waals surface area contributed by atoms with Gasteiger partial charge in [0.1, 0.15) is 17.0 Å². The van der Waals surface area contributed by atoms with Crippen molar-refractivity contribution >= 4 is 12.0 Å². The normalized spacial score (nSPS) is 17.5. The summed E-state index contributed by atoms with van der Waals surface area (Å²) in [6, 6.07) is 13.4. The molecule has 5 rings (SSSR count). The van der Waals surface area contributed by atoms with Gasteiger partial charge in [0.2, 0.25) is 0 Å². The fraction of sp³-hybridized carbons (Fsp3) is 0.438. The van der Waals surface area contributed by atoms with Crippen LogP contribution in [-0.4, -0.2) is 72.8 Å². The first-order chi connectivity index (χ1) is 20.9. The number of nitrogens with zero attached hydrogens (tertiary/aromatic N) is 2. The minimum atomic E-state index is -4.84. The van der Waals surface area contributed by atoms with Crippen LogP contribution >= 0.6 is 0 Å². The fourth-order valence-electron chi connectivity index (χ4n) is 5.50. The van der Waals surface area contributed by atoms with E-state index >= 15 is 0 Å². The number of carbonyl (C=O) groups is 2. The molecular formula is C32H37F3N4O5. The molecular weight excluding hydrogens is 577 g/mol. The van der Waals surface area contributed by atoms with E-state index in [0.717, 1.165) is 30.8 Å². The van der Waals surface area contributed by atoms with Crippen LogP contribution in [0.1, 0.15) is 49.3 Å². The largest absolute Gasteiger partial charge is 0.573 e. The molecule has 3 aromatic rings. The molecule has 44 heavy (non-hydrogen) atoms. The molecule has 0 radical (unpaired) electrons. The number of aromatic nitrogens is 1. The summed E-state index contributed by atoms with van der Waals surface area (Å²) in [5, 5.41) is 5.71. The average molecular weight is 615 g/mol. The number of morpholine rings is 1. The SMILES string of the molecule is CC(C)(C)OC(=O)NCC[C@H]1CNC(=O)c2c(-c3ccc(CN4CCOCC4)cc3)c(-c3cccc(OC(F)(F)F)c3)cn21. The molecule has 2 aliphatic heterocycles. The molecule has 1 fully saturated rings. The van der Waals surface area contributed by atoms with Gasteiger partial charge in [-0.05, 0) is 56.0 Å². The minimum absolute atomic E-state index is 0.222. The summed E-state index contributed by atoms with van der Waals surface area (Å²) >= 11 is 0. The number of fused-ring (bicyclic) bond motifs is 1. The van der Waals surface area contributed by atoms with E-state index in [0.29, 0.717) is 55.1 Å². The van der Waals surface area contributed by atoms with Crippen molar-refractivity contribution in [1.29, 1.82) is 0 Å². The van der Waals surface area contributed by atoms with Crippen LogP contribution in [0.2, 0.25) is 0 Å². The molecule has 2 N–H and O–H groups in total. The van der Waals surface area contributed by atoms with Gasteiger partial charge >= 0.3 is 12.5 Å². The first kappa shape index (κ1) is 31.4. The molecule has 1 aromatic heterocycles. The Bertz CT molecular complexity index is 1470. The Morgan fingerprint density at radius 2 is 1.80 bits per heavy atom. The zero-order valence-corrected chi connectivity index (χ0v) is 25.0. The number of benzene rings is 2. The highest BCUT2D eigenvalue weighted by Gasteiger charge is 2.33. The van der Waals surface area contributed by atoms with Gasteiger partial charge in [-0.1, -0.05) is 36.4 Å². The summed E-state index contributed by atoms with van der Waals surface area (Å²) in [6.07, 6.45) is -3.10. The van der Waals surface area contributed by atoms with Crippen molar-refractivity contribution in [3.05, 3.63) is 66.0 Å². The molecule has 12 heteroatoms. The lowest BCUT2D eigenvalue weighted by atomic mass is 9.95. The Balaban J connectivity index is 1.49. The highest BCUT2D eigenvalue weighted by Crippen LogP contribution is 2.41. The molecule has 236 valence electrons. The van der Waals surface area contributed by atoms with Crippen LogP contribution in [0.5, 0.6) is 5.75 Å². The van der Waals surface area contributed by atoms with Crippen molar-refractivity contribution < 1.29 is 37.0 Å². The Kier molecular flexibility index (Phi) is 9.21. The molecule has 3 heterocycles. The monoisotopic (exact) mass is 614 g/mol. The number of ether oxygens (including phenoxy) is 3. The number of nitrogens with one attached hydrogen (secondary N) is 2. The van der Waals surface area contributed by atoms with Crippen LogP contribution < -0.4 is 15.4 Å². The maximum absolute atomic E-state index is 13.4. The molecule has 1 saturated heterocycles. The van der Waals surface area contributed by atoms with E-state index in [9.17, 15) is 22.8 Å². The van der Waals surface area contributed by atoms with E-state index in [1.807, 2.05) is 28.8 Å². The summed E-state index contributed by atoms with van der Waals surface area (Å²) in [6.45, 7) is 9.80. The Hall–Kier alpha value is -4.03. The molecule has 1 atom stereocenters. The summed E-state index contributed by atoms with van der Waals surface area (Å²) in [7, 11) is 0. The number of alkyl carbamates (subject to hydrolysis) is 1. The van der Waals surface area contributed by atoms with Crippen molar-refractivity contribution in [3.8, 4) is 28.0 Å². The number of rotatable bonds is 8. The molecule has 9 nitrogen and oxygen atoms in total. The molecule has 2 amide bonds. The number of hydrogen-bond acceptors (Lipinski definition) is 6. The van der Waals surface area contributed by atoms with Crippen LogP contribution in [0, 0.1) is 0 Å². The van der Waals surface area contributed by atoms with Gasteiger partial charge in [0.25, 0.3) is 5.91 Å². The summed E-state index contributed by atoms with van der Waals surface area (Å²) in [4.78, 5) is 27.9. The summed E-state index contributed by atoms with van der Waals surface area (Å²) in [5.41, 5.74) is 3.29. The van der Waals surface area contributed by atoms with Gasteiger partial charge in [0, 0.05) is 50.0 Å². The third kappa shape index (κ3) is 7.92. The number of alkyl halides is 3. The van der Waals surface area contributed by atoms with E-state index in [4.69, 9.17) is 9.47 Å². The second kappa shape index (κ2) is 12.9. The van der Waals surface area contributed by atoms with Crippen LogP contribution in [0.4, 0.5) is 18.0 Å². The smallest absolute Gasteiger partial charge is 0.444 e. The lowest BCUT2D eigenvalue weighted by Crippen LogP contribution is -2.40. The van der Waals surface area contributed by atoms with Crippen molar-refractivity contribution in [1.82, 2.24) is 20.1 Å². The highest BCUT2D eigenvalue weighted by atomic mass is 19.4. The summed E-state index contributed by atoms with van der Waals surface area (Å²) in [5.74, 6) is -0.642. The topological polar surface area (TPSA) is 94.1 Å². The number of amides is 2. The second-order valence-electron chi connectivity index (χ2n) is 11.9. The summed E-state index contributed by atoms with van der Waals surface area (Å²) < 4.78 is 56.0. The van der Waals surface area contributed by atoms with Gasteiger partial charge < -0.3 is 29.4 Å². The predicted octanol–water partition coefficient (Wildman–Crippen LogP) is 5.75. The van der Waals surface area contributed by atoms with Gasteiger partial charge in [0.15, 0.2) is 0 Å². The number of carbonyl (C=O) groups excluding carboxylic acids is 2. The minimum Gasteiger partial charge on any atom is -0.444 e. The van der Waals surface area contributed by atoms with Crippen LogP contribution in [-0.2, 0) is 16.0 Å². The van der Waals surface area contributed by atoms with Crippen LogP contribution in [0.3, 0.4) is 0 Å². The molecule has 0 unspecified atom stereocenters. The Morgan fingerprint density at radius 3 is 2.48 bits per heavy atom. The van der Waals surface area contributed by atoms with Gasteiger partial charge in [-0.15, -0.1) is 13.2 Å². The van der Waals surface area contributed by atoms with Crippen molar-refractivity contribution in [2.24, 2.45) is 0 Å². The molecule has 0 bridgehead atoms. The zero-order valence-electron chi connectivity index (χ0n) is 25.0. The zero-order chi connectivity index (χ0) is 31.5. The highest BCUT2D eigenvalue weighted by molar-refractivity contribution is 6.05. The van der Waals surface area contributed by atoms with Crippen LogP contribution in [0.25, 0.3) is 22.3 Å². The molecule has 0 spiro atoms. The maximum Gasteiger partial charge on any atom is 0.573 e. The van der Waals surface area contributed by atoms with Gasteiger partial charge in [-0.2, -0.15) is 0 Å². The van der Waals surface area contributed by atoms with E-state index in [1.54, 1.807) is 33.0 Å². The number of hydrogen-bond donors (Lipinski definition) is 2. The van der Waals surface area contributed by atoms with Crippen molar-refractivity contribution in [3.63, 3.8) is 0 Å². The Morgan fingerprint density at radius 1 is 1.07 bits per heavy atom. The van der Waals surface area contributed by atoms with E-state index in [2.05, 4.69) is 20.3 Å². The molecule has 0 aliphatic carbocycles. The van der Waals surface area contributed by atoms with Gasteiger partial charge in [-0.25, -0.2) is 4.79 Å². The van der Waals surface area contributed by atoms with E-state index in [1.165, 1.54) is 18.2 Å². The van der Waals surface area contributed by atoms with Crippen molar-refractivity contribution in [2.75, 3.05) is 39.4 Å². The van der Waals surface area contributed by atoms with Gasteiger partial charge in [0.05, 0.1) is 19.3 Å². The van der Waals surface area contributed by atoms with E-state index < -0.39 is 18.1 Å². The number of halogens is 3.